The van der Waals surface area contributed by atoms with Crippen molar-refractivity contribution in [3.8, 4) is 5.75 Å². The van der Waals surface area contributed by atoms with Crippen LogP contribution in [0.1, 0.15) is 0 Å². The molecule has 0 aliphatic heterocycles. The number of rotatable bonds is 8. The molecule has 0 saturated heterocycles. The average molecular weight is 606 g/mol. The monoisotopic (exact) mass is 605 g/mol. The molecule has 5 aromatic carbocycles. The number of nitrogens with zero attached hydrogens (tertiary/aromatic N) is 1. The first-order valence-corrected chi connectivity index (χ1v) is 16.6. The van der Waals surface area contributed by atoms with Crippen LogP contribution in [0, 0.1) is 0 Å². The minimum Gasteiger partial charge on any atom is -0.505 e. The van der Waals surface area contributed by atoms with Gasteiger partial charge in [0.25, 0.3) is 10.0 Å². The van der Waals surface area contributed by atoms with Crippen LogP contribution in [-0.2, 0) is 29.7 Å². The molecule has 5 aromatic rings. The number of benzene rings is 5. The van der Waals surface area contributed by atoms with E-state index in [0.29, 0.717) is 0 Å². The number of aromatic hydroxyl groups is 1. The molecule has 41 heavy (non-hydrogen) atoms. The van der Waals surface area contributed by atoms with Crippen LogP contribution >= 0.6 is 0 Å². The van der Waals surface area contributed by atoms with E-state index in [0.717, 1.165) is 16.4 Å². The van der Waals surface area contributed by atoms with Gasteiger partial charge in [0.05, 0.1) is 26.1 Å². The zero-order chi connectivity index (χ0) is 29.3. The van der Waals surface area contributed by atoms with Crippen molar-refractivity contribution >= 4 is 41.1 Å². The summed E-state index contributed by atoms with van der Waals surface area (Å²) in [7, 11) is -13.4. The lowest BCUT2D eigenvalue weighted by Gasteiger charge is -2.26. The van der Waals surface area contributed by atoms with Gasteiger partial charge in [0, 0.05) is 0 Å². The predicted octanol–water partition coefficient (Wildman–Crippen LogP) is 5.58. The van der Waals surface area contributed by atoms with Crippen molar-refractivity contribution in [1.82, 2.24) is 0 Å². The first-order valence-electron chi connectivity index (χ1n) is 12.2. The number of hydrogen-bond acceptors (Lipinski definition) is 7. The molecule has 5 rings (SSSR count). The van der Waals surface area contributed by atoms with E-state index in [9.17, 15) is 30.4 Å². The summed E-state index contributed by atoms with van der Waals surface area (Å²) in [6, 6.07) is 31.5. The fourth-order valence-electron chi connectivity index (χ4n) is 4.24. The zero-order valence-corrected chi connectivity index (χ0v) is 23.7. The van der Waals surface area contributed by atoms with Crippen LogP contribution in [-0.4, -0.2) is 30.4 Å². The first kappa shape index (κ1) is 28.1. The Balaban J connectivity index is 1.88. The van der Waals surface area contributed by atoms with Crippen LogP contribution in [0.25, 0.3) is 0 Å². The van der Waals surface area contributed by atoms with E-state index in [2.05, 4.69) is 0 Å². The first-order chi connectivity index (χ1) is 19.5. The van der Waals surface area contributed by atoms with Gasteiger partial charge in [-0.3, -0.25) is 0 Å². The van der Waals surface area contributed by atoms with E-state index in [1.807, 2.05) is 0 Å². The highest BCUT2D eigenvalue weighted by Crippen LogP contribution is 2.43. The number of para-hydroxylation sites is 1. The molecule has 8 nitrogen and oxygen atoms in total. The SMILES string of the molecule is O=S(=O)(c1ccccc1)c1cc(N(c2ccccc2)S(=O)(=O)c2ccccc2)cc(S(=O)(=O)c2ccccc2)c1O. The molecule has 1 N–H and O–H groups in total. The largest absolute Gasteiger partial charge is 0.505 e. The molecule has 0 aliphatic carbocycles. The van der Waals surface area contributed by atoms with E-state index >= 15 is 0 Å². The van der Waals surface area contributed by atoms with Crippen LogP contribution in [0.3, 0.4) is 0 Å². The molecule has 0 heterocycles. The average Bonchev–Trinajstić information content (AvgIpc) is 2.99. The number of hydrogen-bond donors (Lipinski definition) is 1. The van der Waals surface area contributed by atoms with Crippen molar-refractivity contribution in [2.45, 2.75) is 24.5 Å². The fourth-order valence-corrected chi connectivity index (χ4v) is 8.61. The van der Waals surface area contributed by atoms with Crippen molar-refractivity contribution < 1.29 is 30.4 Å². The third-order valence-corrected chi connectivity index (χ3v) is 11.6. The summed E-state index contributed by atoms with van der Waals surface area (Å²) in [5.41, 5.74) is -0.185. The second kappa shape index (κ2) is 10.8. The molecule has 0 radical (unpaired) electrons. The van der Waals surface area contributed by atoms with Crippen LogP contribution in [0.15, 0.2) is 158 Å². The quantitative estimate of drug-likeness (QED) is 0.245. The van der Waals surface area contributed by atoms with Gasteiger partial charge in [0.1, 0.15) is 9.79 Å². The molecule has 0 aliphatic rings. The van der Waals surface area contributed by atoms with E-state index in [-0.39, 0.29) is 26.1 Å². The van der Waals surface area contributed by atoms with Gasteiger partial charge in [0.2, 0.25) is 19.7 Å². The molecule has 0 saturated carbocycles. The lowest BCUT2D eigenvalue weighted by molar-refractivity contribution is 0.442. The second-order valence-electron chi connectivity index (χ2n) is 8.84. The number of anilines is 2. The molecule has 0 atom stereocenters. The topological polar surface area (TPSA) is 126 Å². The van der Waals surface area contributed by atoms with Crippen molar-refractivity contribution in [3.05, 3.63) is 133 Å². The van der Waals surface area contributed by atoms with E-state index in [1.165, 1.54) is 84.9 Å². The van der Waals surface area contributed by atoms with E-state index < -0.39 is 45.2 Å². The lowest BCUT2D eigenvalue weighted by atomic mass is 10.2. The molecule has 208 valence electrons. The molecule has 0 aromatic heterocycles. The van der Waals surface area contributed by atoms with Gasteiger partial charge in [-0.15, -0.1) is 0 Å². The summed E-state index contributed by atoms with van der Waals surface area (Å²) in [6.45, 7) is 0. The minimum absolute atomic E-state index is 0.114. The van der Waals surface area contributed by atoms with Crippen molar-refractivity contribution in [3.63, 3.8) is 0 Å². The summed E-state index contributed by atoms with van der Waals surface area (Å²) < 4.78 is 84.1. The summed E-state index contributed by atoms with van der Waals surface area (Å²) in [4.78, 5) is -2.07. The summed E-state index contributed by atoms with van der Waals surface area (Å²) in [5, 5.41) is 11.3. The van der Waals surface area contributed by atoms with Crippen LogP contribution in [0.5, 0.6) is 5.75 Å². The predicted molar refractivity (Wildman–Crippen MR) is 154 cm³/mol. The van der Waals surface area contributed by atoms with Gasteiger partial charge >= 0.3 is 0 Å². The highest BCUT2D eigenvalue weighted by atomic mass is 32.2. The maximum Gasteiger partial charge on any atom is 0.268 e. The van der Waals surface area contributed by atoms with Crippen molar-refractivity contribution in [1.29, 1.82) is 0 Å². The second-order valence-corrected chi connectivity index (χ2v) is 14.5. The molecular formula is C30H23NO7S3. The van der Waals surface area contributed by atoms with E-state index in [4.69, 9.17) is 0 Å². The van der Waals surface area contributed by atoms with Gasteiger partial charge in [-0.25, -0.2) is 29.6 Å². The summed E-state index contributed by atoms with van der Waals surface area (Å²) in [6.07, 6.45) is 0. The lowest BCUT2D eigenvalue weighted by Crippen LogP contribution is -2.27. The standard InChI is InChI=1S/C30H23NO7S3/c32-30-28(39(33,34)25-15-7-2-8-16-25)21-24(22-29(30)40(35,36)26-17-9-3-10-18-26)31(23-13-5-1-6-14-23)41(37,38)27-19-11-4-12-20-27/h1-22,32H. The van der Waals surface area contributed by atoms with Crippen LogP contribution < -0.4 is 4.31 Å². The molecule has 0 bridgehead atoms. The van der Waals surface area contributed by atoms with Crippen molar-refractivity contribution in [2.75, 3.05) is 4.31 Å². The molecule has 0 fully saturated rings. The smallest absolute Gasteiger partial charge is 0.268 e. The highest BCUT2D eigenvalue weighted by molar-refractivity contribution is 7.93. The number of phenolic OH excluding ortho intramolecular Hbond substituents is 1. The molecular weight excluding hydrogens is 583 g/mol. The number of sulfone groups is 2. The third kappa shape index (κ3) is 5.22. The zero-order valence-electron chi connectivity index (χ0n) is 21.3. The Morgan fingerprint density at radius 2 is 0.780 bits per heavy atom. The Hall–Kier alpha value is -4.45. The maximum absolute atomic E-state index is 14.0. The number of phenols is 1. The Morgan fingerprint density at radius 3 is 1.17 bits per heavy atom. The van der Waals surface area contributed by atoms with E-state index in [1.54, 1.807) is 36.4 Å². The highest BCUT2D eigenvalue weighted by Gasteiger charge is 2.34. The molecule has 0 spiro atoms. The normalized spacial score (nSPS) is 12.1. The number of sulfonamides is 1. The summed E-state index contributed by atoms with van der Waals surface area (Å²) >= 11 is 0. The molecule has 0 amide bonds. The van der Waals surface area contributed by atoms with Gasteiger partial charge in [-0.05, 0) is 60.7 Å². The molecule has 0 unspecified atom stereocenters. The van der Waals surface area contributed by atoms with Gasteiger partial charge in [-0.2, -0.15) is 0 Å². The fraction of sp³-hybridized carbons (Fsp3) is 0. The van der Waals surface area contributed by atoms with Gasteiger partial charge < -0.3 is 5.11 Å². The van der Waals surface area contributed by atoms with Crippen LogP contribution in [0.4, 0.5) is 11.4 Å². The van der Waals surface area contributed by atoms with Gasteiger partial charge in [0.15, 0.2) is 5.75 Å². The third-order valence-electron chi connectivity index (χ3n) is 6.22. The van der Waals surface area contributed by atoms with Crippen molar-refractivity contribution in [2.24, 2.45) is 0 Å². The Bertz CT molecular complexity index is 1930. The maximum atomic E-state index is 14.0. The molecule has 11 heteroatoms. The summed E-state index contributed by atoms with van der Waals surface area (Å²) in [5.74, 6) is -1.02. The Labute approximate surface area is 238 Å². The van der Waals surface area contributed by atoms with Gasteiger partial charge in [-0.1, -0.05) is 72.8 Å². The Kier molecular flexibility index (Phi) is 7.43. The Morgan fingerprint density at radius 1 is 0.439 bits per heavy atom. The minimum atomic E-state index is -4.52. The van der Waals surface area contributed by atoms with Crippen LogP contribution in [0.2, 0.25) is 0 Å².